The number of sulfonamides is 1. The Kier molecular flexibility index (Phi) is 3.16. The second-order valence-electron chi connectivity index (χ2n) is 3.54. The number of rotatable bonds is 3. The molecule has 0 aliphatic carbocycles. The highest BCUT2D eigenvalue weighted by Gasteiger charge is 2.11. The number of primary sulfonamides is 1. The molecule has 0 amide bonds. The van der Waals surface area contributed by atoms with Gasteiger partial charge in [0.05, 0.1) is 0 Å². The molecule has 0 fully saturated rings. The van der Waals surface area contributed by atoms with Gasteiger partial charge < -0.3 is 0 Å². The molecule has 2 N–H and O–H groups in total. The fraction of sp³-hybridized carbons (Fsp3) is 0.0909. The van der Waals surface area contributed by atoms with Crippen molar-refractivity contribution in [2.24, 2.45) is 5.14 Å². The van der Waals surface area contributed by atoms with Crippen molar-refractivity contribution in [2.75, 3.05) is 0 Å². The summed E-state index contributed by atoms with van der Waals surface area (Å²) in [6, 6.07) is 11.3. The van der Waals surface area contributed by atoms with E-state index in [1.54, 1.807) is 6.07 Å². The Morgan fingerprint density at radius 3 is 2.47 bits per heavy atom. The van der Waals surface area contributed by atoms with Gasteiger partial charge in [-0.3, -0.25) is 0 Å². The number of nitrogens with two attached hydrogens (primary N) is 1. The molecule has 1 heterocycles. The van der Waals surface area contributed by atoms with Crippen molar-refractivity contribution >= 4 is 10.0 Å². The van der Waals surface area contributed by atoms with Crippen molar-refractivity contribution in [1.82, 2.24) is 9.97 Å². The third-order valence-corrected chi connectivity index (χ3v) is 2.88. The maximum absolute atomic E-state index is 11.1. The first kappa shape index (κ1) is 11.7. The van der Waals surface area contributed by atoms with Crippen molar-refractivity contribution in [3.05, 3.63) is 53.9 Å². The fourth-order valence-corrected chi connectivity index (χ4v) is 1.87. The Morgan fingerprint density at radius 1 is 1.12 bits per heavy atom. The highest BCUT2D eigenvalue weighted by atomic mass is 32.2. The van der Waals surface area contributed by atoms with Crippen LogP contribution >= 0.6 is 0 Å². The summed E-state index contributed by atoms with van der Waals surface area (Å²) in [4.78, 5) is 7.54. The van der Waals surface area contributed by atoms with E-state index in [-0.39, 0.29) is 5.16 Å². The van der Waals surface area contributed by atoms with E-state index in [0.29, 0.717) is 12.1 Å². The first-order valence-corrected chi connectivity index (χ1v) is 6.49. The minimum absolute atomic E-state index is 0.342. The molecule has 2 rings (SSSR count). The minimum Gasteiger partial charge on any atom is -0.226 e. The Morgan fingerprint density at radius 2 is 1.82 bits per heavy atom. The minimum atomic E-state index is -3.84. The van der Waals surface area contributed by atoms with Crippen LogP contribution in [0.15, 0.2) is 47.8 Å². The molecule has 0 atom stereocenters. The molecule has 5 nitrogen and oxygen atoms in total. The molecule has 17 heavy (non-hydrogen) atoms. The largest absolute Gasteiger partial charge is 0.273 e. The molecule has 2 aromatic rings. The summed E-state index contributed by atoms with van der Waals surface area (Å²) in [6.07, 6.45) is 1.94. The average molecular weight is 249 g/mol. The monoisotopic (exact) mass is 249 g/mol. The van der Waals surface area contributed by atoms with E-state index in [2.05, 4.69) is 9.97 Å². The van der Waals surface area contributed by atoms with Gasteiger partial charge in [0.25, 0.3) is 15.2 Å². The van der Waals surface area contributed by atoms with Gasteiger partial charge >= 0.3 is 0 Å². The molecule has 0 unspecified atom stereocenters. The van der Waals surface area contributed by atoms with E-state index in [0.717, 1.165) is 5.56 Å². The Bertz CT molecular complexity index is 612. The smallest absolute Gasteiger partial charge is 0.226 e. The van der Waals surface area contributed by atoms with E-state index >= 15 is 0 Å². The predicted octanol–water partition coefficient (Wildman–Crippen LogP) is 0.715. The van der Waals surface area contributed by atoms with Gasteiger partial charge in [-0.25, -0.2) is 23.5 Å². The SMILES string of the molecule is NS(=O)(=O)c1nccc(Cc2ccccc2)n1. The molecule has 6 heteroatoms. The molecule has 1 aromatic heterocycles. The van der Waals surface area contributed by atoms with Crippen LogP contribution in [0.25, 0.3) is 0 Å². The highest BCUT2D eigenvalue weighted by Crippen LogP contribution is 2.07. The lowest BCUT2D eigenvalue weighted by molar-refractivity contribution is 0.587. The Labute approximate surface area is 99.4 Å². The van der Waals surface area contributed by atoms with Crippen molar-refractivity contribution < 1.29 is 8.42 Å². The maximum Gasteiger partial charge on any atom is 0.273 e. The van der Waals surface area contributed by atoms with Crippen LogP contribution in [-0.4, -0.2) is 18.4 Å². The van der Waals surface area contributed by atoms with Crippen LogP contribution < -0.4 is 5.14 Å². The molecule has 0 spiro atoms. The Hall–Kier alpha value is -1.79. The maximum atomic E-state index is 11.1. The lowest BCUT2D eigenvalue weighted by atomic mass is 10.1. The molecule has 88 valence electrons. The summed E-state index contributed by atoms with van der Waals surface area (Å²) in [5, 5.41) is 4.62. The summed E-state index contributed by atoms with van der Waals surface area (Å²) in [7, 11) is -3.84. The molecule has 0 saturated carbocycles. The van der Waals surface area contributed by atoms with Gasteiger partial charge in [-0.1, -0.05) is 30.3 Å². The standard InChI is InChI=1S/C11H11N3O2S/c12-17(15,16)11-13-7-6-10(14-11)8-9-4-2-1-3-5-9/h1-7H,8H2,(H2,12,15,16). The van der Waals surface area contributed by atoms with Gasteiger partial charge in [0.2, 0.25) is 0 Å². The van der Waals surface area contributed by atoms with Gasteiger partial charge in [0, 0.05) is 18.3 Å². The van der Waals surface area contributed by atoms with Crippen LogP contribution in [0.3, 0.4) is 0 Å². The molecule has 0 aliphatic heterocycles. The first-order chi connectivity index (χ1) is 8.05. The van der Waals surface area contributed by atoms with Gasteiger partial charge in [-0.05, 0) is 11.6 Å². The summed E-state index contributed by atoms with van der Waals surface area (Å²) in [6.45, 7) is 0. The topological polar surface area (TPSA) is 85.9 Å². The van der Waals surface area contributed by atoms with Crippen LogP contribution in [0.2, 0.25) is 0 Å². The van der Waals surface area contributed by atoms with Crippen molar-refractivity contribution in [1.29, 1.82) is 0 Å². The fourth-order valence-electron chi connectivity index (χ4n) is 1.42. The van der Waals surface area contributed by atoms with Crippen LogP contribution in [0.4, 0.5) is 0 Å². The zero-order valence-corrected chi connectivity index (χ0v) is 9.76. The third-order valence-electron chi connectivity index (χ3n) is 2.17. The number of benzene rings is 1. The third kappa shape index (κ3) is 3.08. The normalized spacial score (nSPS) is 11.4. The van der Waals surface area contributed by atoms with Crippen LogP contribution in [0.1, 0.15) is 11.3 Å². The van der Waals surface area contributed by atoms with Gasteiger partial charge in [0.1, 0.15) is 0 Å². The van der Waals surface area contributed by atoms with Crippen LogP contribution in [0.5, 0.6) is 0 Å². The summed E-state index contributed by atoms with van der Waals surface area (Å²) >= 11 is 0. The highest BCUT2D eigenvalue weighted by molar-refractivity contribution is 7.89. The summed E-state index contributed by atoms with van der Waals surface area (Å²) in [5.74, 6) is 0. The number of hydrogen-bond donors (Lipinski definition) is 1. The molecular weight excluding hydrogens is 238 g/mol. The van der Waals surface area contributed by atoms with E-state index in [1.165, 1.54) is 6.20 Å². The van der Waals surface area contributed by atoms with Crippen LogP contribution in [0, 0.1) is 0 Å². The molecule has 0 bridgehead atoms. The average Bonchev–Trinajstić information content (AvgIpc) is 2.29. The number of hydrogen-bond acceptors (Lipinski definition) is 4. The zero-order valence-electron chi connectivity index (χ0n) is 8.95. The van der Waals surface area contributed by atoms with E-state index in [4.69, 9.17) is 5.14 Å². The van der Waals surface area contributed by atoms with Gasteiger partial charge in [-0.2, -0.15) is 0 Å². The molecule has 0 radical (unpaired) electrons. The van der Waals surface area contributed by atoms with E-state index < -0.39 is 10.0 Å². The number of aromatic nitrogens is 2. The quantitative estimate of drug-likeness (QED) is 0.812. The van der Waals surface area contributed by atoms with Crippen molar-refractivity contribution in [3.63, 3.8) is 0 Å². The van der Waals surface area contributed by atoms with Crippen LogP contribution in [-0.2, 0) is 16.4 Å². The first-order valence-electron chi connectivity index (χ1n) is 4.94. The van der Waals surface area contributed by atoms with Gasteiger partial charge in [0.15, 0.2) is 0 Å². The molecule has 0 saturated heterocycles. The van der Waals surface area contributed by atoms with E-state index in [9.17, 15) is 8.42 Å². The second-order valence-corrected chi connectivity index (χ2v) is 4.99. The molecule has 0 aliphatic rings. The Balaban J connectivity index is 2.29. The number of nitrogens with zero attached hydrogens (tertiary/aromatic N) is 2. The van der Waals surface area contributed by atoms with Crippen molar-refractivity contribution in [2.45, 2.75) is 11.6 Å². The molecular formula is C11H11N3O2S. The summed E-state index contributed by atoms with van der Waals surface area (Å²) in [5.41, 5.74) is 1.67. The van der Waals surface area contributed by atoms with Crippen molar-refractivity contribution in [3.8, 4) is 0 Å². The predicted molar refractivity (Wildman–Crippen MR) is 62.7 cm³/mol. The molecule has 1 aromatic carbocycles. The summed E-state index contributed by atoms with van der Waals surface area (Å²) < 4.78 is 22.2. The second kappa shape index (κ2) is 4.60. The van der Waals surface area contributed by atoms with Gasteiger partial charge in [-0.15, -0.1) is 0 Å². The zero-order chi connectivity index (χ0) is 12.3. The lowest BCUT2D eigenvalue weighted by Crippen LogP contribution is -2.16. The lowest BCUT2D eigenvalue weighted by Gasteiger charge is -2.02. The van der Waals surface area contributed by atoms with E-state index in [1.807, 2.05) is 30.3 Å².